The summed E-state index contributed by atoms with van der Waals surface area (Å²) in [6.45, 7) is 8.63. The molecule has 150 valence electrons. The van der Waals surface area contributed by atoms with Crippen LogP contribution in [0.1, 0.15) is 34.1 Å². The molecular formula is C19H28FN3O4. The standard InChI is InChI=1S/C19H28FN3O4/c1-5-21-14-7-6-13(20)10-15(14)22-17(24)16(12-8-9-26-11-12)23-18(25)27-19(2,3)4/h6-7,10,12,16,21H,5,8-9,11H2,1-4H3,(H,22,24)(H,23,25). The van der Waals surface area contributed by atoms with Crippen LogP contribution < -0.4 is 16.0 Å². The van der Waals surface area contributed by atoms with Gasteiger partial charge in [-0.05, 0) is 52.3 Å². The lowest BCUT2D eigenvalue weighted by molar-refractivity contribution is -0.119. The van der Waals surface area contributed by atoms with E-state index in [9.17, 15) is 14.0 Å². The molecule has 0 radical (unpaired) electrons. The number of rotatable bonds is 6. The Kier molecular flexibility index (Phi) is 7.01. The van der Waals surface area contributed by atoms with Crippen molar-refractivity contribution in [1.29, 1.82) is 0 Å². The summed E-state index contributed by atoms with van der Waals surface area (Å²) in [4.78, 5) is 25.1. The van der Waals surface area contributed by atoms with Gasteiger partial charge in [0.1, 0.15) is 17.5 Å². The molecule has 2 unspecified atom stereocenters. The number of alkyl carbamates (subject to hydrolysis) is 1. The van der Waals surface area contributed by atoms with Crippen molar-refractivity contribution in [3.8, 4) is 0 Å². The fraction of sp³-hybridized carbons (Fsp3) is 0.579. The summed E-state index contributed by atoms with van der Waals surface area (Å²) in [7, 11) is 0. The molecule has 1 aromatic rings. The van der Waals surface area contributed by atoms with E-state index >= 15 is 0 Å². The Bertz CT molecular complexity index is 669. The van der Waals surface area contributed by atoms with E-state index in [2.05, 4.69) is 16.0 Å². The minimum absolute atomic E-state index is 0.186. The van der Waals surface area contributed by atoms with Gasteiger partial charge in [-0.15, -0.1) is 0 Å². The van der Waals surface area contributed by atoms with Crippen LogP contribution in [-0.4, -0.2) is 43.4 Å². The first-order valence-electron chi connectivity index (χ1n) is 9.11. The van der Waals surface area contributed by atoms with E-state index in [1.165, 1.54) is 12.1 Å². The van der Waals surface area contributed by atoms with Gasteiger partial charge in [0, 0.05) is 19.1 Å². The predicted octanol–water partition coefficient (Wildman–Crippen LogP) is 3.13. The molecule has 0 saturated carbocycles. The summed E-state index contributed by atoms with van der Waals surface area (Å²) >= 11 is 0. The highest BCUT2D eigenvalue weighted by Gasteiger charge is 2.34. The third-order valence-electron chi connectivity index (χ3n) is 4.00. The van der Waals surface area contributed by atoms with Crippen molar-refractivity contribution in [2.24, 2.45) is 5.92 Å². The highest BCUT2D eigenvalue weighted by atomic mass is 19.1. The summed E-state index contributed by atoms with van der Waals surface area (Å²) in [5.41, 5.74) is 0.237. The van der Waals surface area contributed by atoms with Gasteiger partial charge in [-0.1, -0.05) is 0 Å². The lowest BCUT2D eigenvalue weighted by atomic mass is 9.98. The summed E-state index contributed by atoms with van der Waals surface area (Å²) in [5.74, 6) is -1.09. The highest BCUT2D eigenvalue weighted by Crippen LogP contribution is 2.25. The van der Waals surface area contributed by atoms with Crippen molar-refractivity contribution in [2.45, 2.75) is 45.8 Å². The molecule has 0 aliphatic carbocycles. The highest BCUT2D eigenvalue weighted by molar-refractivity contribution is 5.99. The fourth-order valence-electron chi connectivity index (χ4n) is 2.82. The minimum Gasteiger partial charge on any atom is -0.444 e. The van der Waals surface area contributed by atoms with Crippen molar-refractivity contribution in [3.05, 3.63) is 24.0 Å². The molecular weight excluding hydrogens is 353 g/mol. The lowest BCUT2D eigenvalue weighted by Gasteiger charge is -2.26. The zero-order valence-electron chi connectivity index (χ0n) is 16.2. The fourth-order valence-corrected chi connectivity index (χ4v) is 2.82. The summed E-state index contributed by atoms with van der Waals surface area (Å²) in [6, 6.07) is 3.27. The normalized spacial score (nSPS) is 17.9. The monoisotopic (exact) mass is 381 g/mol. The molecule has 3 N–H and O–H groups in total. The zero-order valence-corrected chi connectivity index (χ0v) is 16.2. The molecule has 0 spiro atoms. The van der Waals surface area contributed by atoms with Gasteiger partial charge in [0.15, 0.2) is 0 Å². The molecule has 7 nitrogen and oxygen atoms in total. The van der Waals surface area contributed by atoms with Crippen LogP contribution >= 0.6 is 0 Å². The number of nitrogens with one attached hydrogen (secondary N) is 3. The quantitative estimate of drug-likeness (QED) is 0.705. The van der Waals surface area contributed by atoms with Crippen LogP contribution in [0, 0.1) is 11.7 Å². The molecule has 1 aliphatic heterocycles. The van der Waals surface area contributed by atoms with Gasteiger partial charge in [0.25, 0.3) is 0 Å². The number of carbonyl (C=O) groups is 2. The van der Waals surface area contributed by atoms with E-state index in [1.807, 2.05) is 6.92 Å². The van der Waals surface area contributed by atoms with E-state index in [4.69, 9.17) is 9.47 Å². The van der Waals surface area contributed by atoms with Crippen molar-refractivity contribution in [1.82, 2.24) is 5.32 Å². The molecule has 1 aromatic carbocycles. The van der Waals surface area contributed by atoms with Crippen LogP contribution in [0.15, 0.2) is 18.2 Å². The number of anilines is 2. The van der Waals surface area contributed by atoms with E-state index < -0.39 is 29.5 Å². The molecule has 1 aliphatic rings. The van der Waals surface area contributed by atoms with Crippen molar-refractivity contribution in [3.63, 3.8) is 0 Å². The smallest absolute Gasteiger partial charge is 0.408 e. The topological polar surface area (TPSA) is 88.7 Å². The molecule has 1 saturated heterocycles. The summed E-state index contributed by atoms with van der Waals surface area (Å²) in [5, 5.41) is 8.42. The predicted molar refractivity (Wildman–Crippen MR) is 101 cm³/mol. The third kappa shape index (κ3) is 6.39. The van der Waals surface area contributed by atoms with Crippen molar-refractivity contribution >= 4 is 23.4 Å². The van der Waals surface area contributed by atoms with E-state index in [0.717, 1.165) is 0 Å². The first kappa shape index (κ1) is 21.0. The number of ether oxygens (including phenoxy) is 2. The number of hydrogen-bond donors (Lipinski definition) is 3. The Morgan fingerprint density at radius 3 is 2.67 bits per heavy atom. The molecule has 0 aromatic heterocycles. The average molecular weight is 381 g/mol. The Morgan fingerprint density at radius 1 is 1.33 bits per heavy atom. The van der Waals surface area contributed by atoms with Crippen molar-refractivity contribution < 1.29 is 23.5 Å². The summed E-state index contributed by atoms with van der Waals surface area (Å²) < 4.78 is 24.3. The number of carbonyl (C=O) groups excluding carboxylic acids is 2. The maximum absolute atomic E-state index is 13.6. The molecule has 27 heavy (non-hydrogen) atoms. The number of hydrogen-bond acceptors (Lipinski definition) is 5. The van der Waals surface area contributed by atoms with Gasteiger partial charge in [-0.3, -0.25) is 4.79 Å². The molecule has 2 atom stereocenters. The minimum atomic E-state index is -0.847. The van der Waals surface area contributed by atoms with Crippen LogP contribution in [0.25, 0.3) is 0 Å². The molecule has 1 heterocycles. The number of benzene rings is 1. The third-order valence-corrected chi connectivity index (χ3v) is 4.00. The van der Waals surface area contributed by atoms with Gasteiger partial charge in [0.2, 0.25) is 5.91 Å². The molecule has 2 amide bonds. The SMILES string of the molecule is CCNc1ccc(F)cc1NC(=O)C(NC(=O)OC(C)(C)C)C1CCOC1. The molecule has 0 bridgehead atoms. The van der Waals surface area contributed by atoms with Crippen LogP contribution in [-0.2, 0) is 14.3 Å². The summed E-state index contributed by atoms with van der Waals surface area (Å²) in [6.07, 6.45) is -0.0439. The second kappa shape index (κ2) is 9.03. The second-order valence-corrected chi connectivity index (χ2v) is 7.46. The van der Waals surface area contributed by atoms with Crippen LogP contribution in [0.4, 0.5) is 20.6 Å². The van der Waals surface area contributed by atoms with Crippen molar-refractivity contribution in [2.75, 3.05) is 30.4 Å². The van der Waals surface area contributed by atoms with Gasteiger partial charge in [0.05, 0.1) is 18.0 Å². The van der Waals surface area contributed by atoms with Gasteiger partial charge in [-0.25, -0.2) is 9.18 Å². The molecule has 2 rings (SSSR count). The number of amides is 2. The van der Waals surface area contributed by atoms with Crippen LogP contribution in [0.5, 0.6) is 0 Å². The largest absolute Gasteiger partial charge is 0.444 e. The zero-order chi connectivity index (χ0) is 20.0. The van der Waals surface area contributed by atoms with E-state index in [1.54, 1.807) is 26.8 Å². The second-order valence-electron chi connectivity index (χ2n) is 7.46. The van der Waals surface area contributed by atoms with E-state index in [0.29, 0.717) is 37.6 Å². The number of halogens is 1. The lowest BCUT2D eigenvalue weighted by Crippen LogP contribution is -2.50. The van der Waals surface area contributed by atoms with E-state index in [-0.39, 0.29) is 5.92 Å². The van der Waals surface area contributed by atoms with Crippen LogP contribution in [0.3, 0.4) is 0 Å². The molecule has 8 heteroatoms. The molecule has 1 fully saturated rings. The Morgan fingerprint density at radius 2 is 2.07 bits per heavy atom. The van der Waals surface area contributed by atoms with Crippen LogP contribution in [0.2, 0.25) is 0 Å². The Labute approximate surface area is 159 Å². The Hall–Kier alpha value is -2.35. The van der Waals surface area contributed by atoms with Gasteiger partial charge < -0.3 is 25.4 Å². The Balaban J connectivity index is 2.16. The van der Waals surface area contributed by atoms with Gasteiger partial charge >= 0.3 is 6.09 Å². The average Bonchev–Trinajstić information content (AvgIpc) is 3.07. The first-order valence-corrected chi connectivity index (χ1v) is 9.11. The van der Waals surface area contributed by atoms with Gasteiger partial charge in [-0.2, -0.15) is 0 Å². The first-order chi connectivity index (χ1) is 12.7. The maximum Gasteiger partial charge on any atom is 0.408 e. The maximum atomic E-state index is 13.6.